The van der Waals surface area contributed by atoms with E-state index < -0.39 is 207 Å². The van der Waals surface area contributed by atoms with Gasteiger partial charge >= 0.3 is 24.2 Å². The van der Waals surface area contributed by atoms with Gasteiger partial charge in [-0.05, 0) is 109 Å². The zero-order valence-corrected chi connectivity index (χ0v) is 63.6. The third-order valence-electron chi connectivity index (χ3n) is 18.1. The molecule has 2 aliphatic carbocycles. The Labute approximate surface area is 668 Å². The van der Waals surface area contributed by atoms with E-state index in [4.69, 9.17) is 90.0 Å². The molecule has 2 aromatic rings. The van der Waals surface area contributed by atoms with Crippen molar-refractivity contribution in [1.29, 1.82) is 0 Å². The number of carbonyl (C=O) groups excluding carboxylic acids is 4. The van der Waals surface area contributed by atoms with Crippen molar-refractivity contribution < 1.29 is 122 Å². The Bertz CT molecular complexity index is 4100. The number of carboxylic acid groups (broad SMARTS) is 1. The molecule has 4 amide bonds. The quantitative estimate of drug-likeness (QED) is 0.0150. The second-order valence-electron chi connectivity index (χ2n) is 27.5. The molecular weight excluding hydrogens is 1570 g/mol. The number of rotatable bonds is 32. The highest BCUT2D eigenvalue weighted by Crippen LogP contribution is 2.38. The Morgan fingerprint density at radius 3 is 1.23 bits per heavy atom. The first-order valence-electron chi connectivity index (χ1n) is 36.2. The summed E-state index contributed by atoms with van der Waals surface area (Å²) in [5, 5.41) is 133. The van der Waals surface area contributed by atoms with Crippen molar-refractivity contribution in [3.05, 3.63) is 180 Å². The number of alkyl carbamates (subject to hydrolysis) is 3. The van der Waals surface area contributed by atoms with Gasteiger partial charge in [0.1, 0.15) is 73.6 Å². The van der Waals surface area contributed by atoms with Crippen LogP contribution in [0.25, 0.3) is 83.5 Å². The predicted octanol–water partition coefficient (Wildman–Crippen LogP) is 5.04. The summed E-state index contributed by atoms with van der Waals surface area (Å²) in [6.45, 7) is 7.47. The smallest absolute Gasteiger partial charge is 0.407 e. The summed E-state index contributed by atoms with van der Waals surface area (Å²) >= 11 is 0. The largest absolute Gasteiger partial charge is 0.479 e. The second kappa shape index (κ2) is 48.3. The molecule has 53 nitrogen and oxygen atoms in total. The lowest BCUT2D eigenvalue weighted by Gasteiger charge is -2.48. The number of carbonyl (C=O) groups is 5. The van der Waals surface area contributed by atoms with Crippen LogP contribution in [-0.2, 0) is 74.9 Å². The van der Waals surface area contributed by atoms with Crippen molar-refractivity contribution in [2.75, 3.05) is 26.2 Å². The summed E-state index contributed by atoms with van der Waals surface area (Å²) in [6.07, 6.45) is -26.9. The van der Waals surface area contributed by atoms with Crippen LogP contribution in [0.4, 0.5) is 14.4 Å². The Morgan fingerprint density at radius 2 is 0.856 bits per heavy atom. The number of aliphatic hydroxyl groups is 8. The Morgan fingerprint density at radius 1 is 0.475 bits per heavy atom. The molecule has 8 rings (SSSR count). The van der Waals surface area contributed by atoms with E-state index in [1.54, 1.807) is 51.1 Å². The maximum Gasteiger partial charge on any atom is 0.407 e. The van der Waals surface area contributed by atoms with Crippen LogP contribution >= 0.6 is 0 Å². The van der Waals surface area contributed by atoms with Crippen LogP contribution in [-0.4, -0.2) is 279 Å². The lowest BCUT2D eigenvalue weighted by atomic mass is 9.83. The van der Waals surface area contributed by atoms with E-state index in [0.29, 0.717) is 0 Å². The van der Waals surface area contributed by atoms with Crippen LogP contribution in [0.15, 0.2) is 126 Å². The monoisotopic (exact) mass is 1660 g/mol. The molecule has 2 aromatic carbocycles. The van der Waals surface area contributed by atoms with Gasteiger partial charge in [0.2, 0.25) is 5.91 Å². The third kappa shape index (κ3) is 29.3. The van der Waals surface area contributed by atoms with Crippen LogP contribution in [0.1, 0.15) is 71.4 Å². The molecule has 0 bridgehead atoms. The van der Waals surface area contributed by atoms with E-state index >= 15 is 0 Å². The van der Waals surface area contributed by atoms with Gasteiger partial charge in [0.05, 0.1) is 98.2 Å². The molecule has 640 valence electrons. The molecule has 14 unspecified atom stereocenters. The fourth-order valence-corrected chi connectivity index (χ4v) is 12.4. The van der Waals surface area contributed by atoms with E-state index in [9.17, 15) is 76.3 Å². The number of nitrogens with zero attached hydrogens (tertiary/aromatic N) is 24. The highest BCUT2D eigenvalue weighted by molar-refractivity contribution is 5.81. The summed E-state index contributed by atoms with van der Waals surface area (Å²) in [5.74, 6) is -2.30. The fourth-order valence-electron chi connectivity index (χ4n) is 12.4. The molecule has 13 N–H and O–H groups in total. The second-order valence-corrected chi connectivity index (χ2v) is 27.5. The summed E-state index contributed by atoms with van der Waals surface area (Å²) in [4.78, 5) is 81.4. The van der Waals surface area contributed by atoms with Gasteiger partial charge in [0.15, 0.2) is 31.3 Å². The van der Waals surface area contributed by atoms with Gasteiger partial charge in [0.25, 0.3) is 0 Å². The fraction of sp³-hybridized carbons (Fsp3) is 0.677. The number of ether oxygens (including phenoxy) is 11. The number of amides is 4. The van der Waals surface area contributed by atoms with Crippen LogP contribution in [0.2, 0.25) is 0 Å². The average molecular weight is 1660 g/mol. The van der Waals surface area contributed by atoms with Crippen molar-refractivity contribution in [2.45, 2.75) is 250 Å². The number of hydrogen-bond acceptors (Lipinski definition) is 32. The van der Waals surface area contributed by atoms with E-state index in [2.05, 4.69) is 101 Å². The van der Waals surface area contributed by atoms with Crippen molar-refractivity contribution in [3.63, 3.8) is 0 Å². The minimum atomic E-state index is -1.86. The minimum absolute atomic E-state index is 0.00313. The van der Waals surface area contributed by atoms with Crippen LogP contribution in [0.5, 0.6) is 0 Å². The highest BCUT2D eigenvalue weighted by Gasteiger charge is 2.55. The normalized spacial score (nSPS) is 31.7. The molecule has 2 saturated heterocycles. The number of benzene rings is 2. The molecule has 28 atom stereocenters. The number of carboxylic acids is 1. The lowest BCUT2D eigenvalue weighted by Crippen LogP contribution is -2.66. The average Bonchev–Trinajstić information content (AvgIpc) is 0.776. The molecule has 0 radical (unpaired) electrons. The minimum Gasteiger partial charge on any atom is -0.479 e. The maximum atomic E-state index is 13.1. The van der Waals surface area contributed by atoms with Gasteiger partial charge < -0.3 is 119 Å². The van der Waals surface area contributed by atoms with Gasteiger partial charge in [0, 0.05) is 58.8 Å². The van der Waals surface area contributed by atoms with E-state index in [-0.39, 0.29) is 65.1 Å². The van der Waals surface area contributed by atoms with Crippen LogP contribution in [0, 0.1) is 0 Å². The number of aliphatic hydroxyl groups excluding tert-OH is 8. The highest BCUT2D eigenvalue weighted by atomic mass is 16.7. The topological polar surface area (TPSA) is 807 Å². The summed E-state index contributed by atoms with van der Waals surface area (Å²) < 4.78 is 62.7. The first-order valence-corrected chi connectivity index (χ1v) is 36.2. The maximum absolute atomic E-state index is 13.1. The molecule has 2 saturated carbocycles. The van der Waals surface area contributed by atoms with E-state index in [0.717, 1.165) is 11.1 Å². The molecule has 0 spiro atoms. The molecule has 4 heterocycles. The number of azide groups is 8. The molecule has 118 heavy (non-hydrogen) atoms. The van der Waals surface area contributed by atoms with Crippen molar-refractivity contribution >= 4 is 30.2 Å². The van der Waals surface area contributed by atoms with E-state index in [1.807, 2.05) is 30.3 Å². The summed E-state index contributed by atoms with van der Waals surface area (Å²) in [7, 11) is 0. The van der Waals surface area contributed by atoms with E-state index in [1.165, 1.54) is 38.2 Å². The molecule has 53 heteroatoms. The van der Waals surface area contributed by atoms with Gasteiger partial charge in [-0.3, -0.25) is 4.79 Å². The first-order chi connectivity index (χ1) is 56.4. The Balaban J connectivity index is 0.000000307. The third-order valence-corrected chi connectivity index (χ3v) is 18.1. The predicted molar refractivity (Wildman–Crippen MR) is 398 cm³/mol. The molecular formula is C65H90N28O25. The number of hydrogen-bond donors (Lipinski definition) is 13. The van der Waals surface area contributed by atoms with Gasteiger partial charge in [-0.25, -0.2) is 19.2 Å². The van der Waals surface area contributed by atoms with Gasteiger partial charge in [-0.15, -0.1) is 0 Å². The summed E-state index contributed by atoms with van der Waals surface area (Å²) in [6, 6.07) is 8.51. The van der Waals surface area contributed by atoms with Crippen LogP contribution in [0.3, 0.4) is 0 Å². The Hall–Kier alpha value is -11.5. The van der Waals surface area contributed by atoms with Crippen molar-refractivity contribution in [2.24, 2.45) is 40.9 Å². The molecule has 4 aliphatic heterocycles. The summed E-state index contributed by atoms with van der Waals surface area (Å²) in [5.41, 5.74) is 73.1. The molecule has 0 aromatic heterocycles. The SMILES string of the molecule is CC1O[C@@H](O[C@H]2C(O[C@H]3OC(CN=[N+]=[N-])C=CC3N=[N+]=[N-])C(N=[N+]=[N-])C[C@@H](NC(=O)OC(C)(C)C)C2O)C(O)[C@@H](O)[C@@H]1N=[N+]=[N-].CC1O[C@@H](O[C@H]2C(O[C@H]3OC(CN=[N+]=[N-])C=CC3N=[N+]=[N-])C(N=[N+]=[N-])C[C@@H](NC(=O)[C@@H](O)CCNC(=O)OCc3ccccc3)C2O)C(O)[C@@H](O)[C@@H]1N=[N+]=[N-].O=C(NCC[C@H](O)C(=O)O)OCc1ccccc1. The zero-order chi connectivity index (χ0) is 86.6. The Kier molecular flexibility index (Phi) is 39.0. The first kappa shape index (κ1) is 95.4. The lowest BCUT2D eigenvalue weighted by molar-refractivity contribution is -0.318. The number of aliphatic carboxylic acids is 1. The van der Waals surface area contributed by atoms with Gasteiger partial charge in [-0.2, -0.15) is 0 Å². The standard InChI is InChI=1S/C30H40N14O11.C23H35N13O9.C12H15NO5/c1-14-21(40-44-34)23(47)24(48)29(52-14)55-26-22(46)18(37-27(49)20(45)9-10-35-30(50)51-13-15-5-3-2-4-6-15)11-19(39-43-33)25(26)54-28-17(38-42-32)8-7-16(53-28)12-36-41-31;1-9-14(32-36-27)16(38)17(39)21(41-9)44-19-15(37)12(29-22(40)45-23(2,3)4)7-13(31-35-26)18(19)43-20-11(30-34-25)6-5-10(42-20)8-28-33-24;14-10(11(15)16)6-7-13-12(17)18-8-9-4-2-1-3-5-9/h2-8,14,16-26,28-29,45-48H,9-13H2,1H3,(H,35,50)(H,37,49);5-6,9-21,37-39H,7-8H2,1-4H3,(H,29,40);1-5,10,14H,6-8H2,(H,13,17)(H,15,16)/t14?,16?,17?,18-,19?,20+,21-,22?,23+,24?,25?,26-,28-,29+;9?,10?,11?,12-,13?,14-,15?,16+,17?,18?,19-,20-,21+;10-/m110/s1. The van der Waals surface area contributed by atoms with Crippen molar-refractivity contribution in [3.8, 4) is 0 Å². The van der Waals surface area contributed by atoms with Crippen LogP contribution < -0.4 is 21.3 Å². The zero-order valence-electron chi connectivity index (χ0n) is 63.6. The molecule has 4 fully saturated rings. The van der Waals surface area contributed by atoms with Gasteiger partial charge in [-0.1, -0.05) is 126 Å². The number of nitrogens with one attached hydrogen (secondary N) is 4. The molecule has 6 aliphatic rings. The van der Waals surface area contributed by atoms with Crippen molar-refractivity contribution in [1.82, 2.24) is 21.3 Å².